The quantitative estimate of drug-likeness (QED) is 0.192. The number of allylic oxidation sites excluding steroid dienone is 1. The molecule has 0 bridgehead atoms. The Labute approximate surface area is 285 Å². The summed E-state index contributed by atoms with van der Waals surface area (Å²) in [7, 11) is 0. The van der Waals surface area contributed by atoms with Crippen molar-refractivity contribution in [1.82, 2.24) is 19.1 Å². The summed E-state index contributed by atoms with van der Waals surface area (Å²) in [5.74, 6) is 1.67. The standard InChI is InChI=1S/C44H28N4S/c1-2-13-29(14-3-1)47-35-19-9-6-16-31(35)34-26-28(23-24-37(34)47)43-45-41-33-18-8-11-21-39(33)49-42(41)44(46-43)48-36-20-10-7-17-32(36)40-30-15-5-4-12-27(30)22-25-38(40)48/h1-5,7-15,17-26H,6,16H2. The zero-order valence-electron chi connectivity index (χ0n) is 26.5. The van der Waals surface area contributed by atoms with Crippen LogP contribution in [-0.4, -0.2) is 19.1 Å². The second kappa shape index (κ2) is 10.2. The molecule has 11 rings (SSSR count). The third-order valence-corrected chi connectivity index (χ3v) is 11.4. The second-order valence-electron chi connectivity index (χ2n) is 12.9. The molecule has 0 radical (unpaired) electrons. The number of thiophene rings is 1. The van der Waals surface area contributed by atoms with Crippen LogP contribution in [0.5, 0.6) is 0 Å². The summed E-state index contributed by atoms with van der Waals surface area (Å²) in [6, 6.07) is 48.0. The highest BCUT2D eigenvalue weighted by molar-refractivity contribution is 7.26. The van der Waals surface area contributed by atoms with Crippen molar-refractivity contribution in [2.45, 2.75) is 12.8 Å². The Morgan fingerprint density at radius 1 is 0.592 bits per heavy atom. The maximum Gasteiger partial charge on any atom is 0.162 e. The number of hydrogen-bond acceptors (Lipinski definition) is 3. The van der Waals surface area contributed by atoms with Crippen LogP contribution in [0.15, 0.2) is 140 Å². The van der Waals surface area contributed by atoms with Crippen LogP contribution < -0.4 is 0 Å². The molecule has 1 aliphatic rings. The summed E-state index contributed by atoms with van der Waals surface area (Å²) in [5.41, 5.74) is 9.37. The first-order valence-corrected chi connectivity index (χ1v) is 17.6. The molecule has 0 fully saturated rings. The molecule has 230 valence electrons. The largest absolute Gasteiger partial charge is 0.310 e. The molecule has 10 aromatic rings. The zero-order valence-corrected chi connectivity index (χ0v) is 27.3. The average Bonchev–Trinajstić information content (AvgIpc) is 3.82. The van der Waals surface area contributed by atoms with E-state index < -0.39 is 0 Å². The first-order chi connectivity index (χ1) is 24.3. The van der Waals surface area contributed by atoms with Gasteiger partial charge in [-0.2, -0.15) is 0 Å². The Bertz CT molecular complexity index is 3000. The lowest BCUT2D eigenvalue weighted by Gasteiger charge is -2.12. The van der Waals surface area contributed by atoms with Gasteiger partial charge < -0.3 is 4.57 Å². The van der Waals surface area contributed by atoms with E-state index >= 15 is 0 Å². The summed E-state index contributed by atoms with van der Waals surface area (Å²) >= 11 is 1.78. The number of nitrogens with zero attached hydrogens (tertiary/aromatic N) is 4. The highest BCUT2D eigenvalue weighted by Crippen LogP contribution is 2.43. The lowest BCUT2D eigenvalue weighted by atomic mass is 9.99. The van der Waals surface area contributed by atoms with Crippen LogP contribution in [-0.2, 0) is 6.42 Å². The second-order valence-corrected chi connectivity index (χ2v) is 13.9. The molecule has 4 nitrogen and oxygen atoms in total. The highest BCUT2D eigenvalue weighted by Gasteiger charge is 2.23. The molecule has 1 aliphatic carbocycles. The molecule has 0 unspecified atom stereocenters. The minimum Gasteiger partial charge on any atom is -0.310 e. The van der Waals surface area contributed by atoms with Crippen molar-refractivity contribution in [3.63, 3.8) is 0 Å². The topological polar surface area (TPSA) is 35.6 Å². The molecular weight excluding hydrogens is 617 g/mol. The molecule has 0 saturated carbocycles. The van der Waals surface area contributed by atoms with E-state index in [9.17, 15) is 0 Å². The predicted molar refractivity (Wildman–Crippen MR) is 206 cm³/mol. The normalized spacial score (nSPS) is 13.1. The third kappa shape index (κ3) is 3.85. The number of rotatable bonds is 3. The van der Waals surface area contributed by atoms with Crippen LogP contribution in [0.3, 0.4) is 0 Å². The van der Waals surface area contributed by atoms with E-state index in [2.05, 4.69) is 155 Å². The van der Waals surface area contributed by atoms with E-state index in [1.54, 1.807) is 11.3 Å². The van der Waals surface area contributed by atoms with Gasteiger partial charge in [-0.1, -0.05) is 91.0 Å². The van der Waals surface area contributed by atoms with Gasteiger partial charge in [0.15, 0.2) is 11.6 Å². The maximum atomic E-state index is 5.51. The van der Waals surface area contributed by atoms with Crippen LogP contribution in [0.4, 0.5) is 0 Å². The molecule has 6 aromatic carbocycles. The summed E-state index contributed by atoms with van der Waals surface area (Å²) in [5, 5.41) is 7.41. The van der Waals surface area contributed by atoms with Gasteiger partial charge >= 0.3 is 0 Å². The van der Waals surface area contributed by atoms with Crippen molar-refractivity contribution in [2.75, 3.05) is 0 Å². The highest BCUT2D eigenvalue weighted by atomic mass is 32.1. The average molecular weight is 645 g/mol. The number of fused-ring (bicyclic) bond motifs is 11. The van der Waals surface area contributed by atoms with Crippen molar-refractivity contribution in [1.29, 1.82) is 0 Å². The summed E-state index contributed by atoms with van der Waals surface area (Å²) < 4.78 is 7.08. The Hall–Kier alpha value is -6.04. The Balaban J connectivity index is 1.23. The Kier molecular flexibility index (Phi) is 5.63. The Morgan fingerprint density at radius 2 is 1.35 bits per heavy atom. The van der Waals surface area contributed by atoms with Crippen LogP contribution in [0, 0.1) is 0 Å². The van der Waals surface area contributed by atoms with E-state index in [1.165, 1.54) is 54.1 Å². The van der Waals surface area contributed by atoms with Crippen LogP contribution in [0.2, 0.25) is 0 Å². The van der Waals surface area contributed by atoms with Crippen LogP contribution in [0.1, 0.15) is 17.7 Å². The molecule has 0 spiro atoms. The third-order valence-electron chi connectivity index (χ3n) is 10.2. The van der Waals surface area contributed by atoms with Crippen LogP contribution >= 0.6 is 11.3 Å². The number of hydrogen-bond donors (Lipinski definition) is 0. The fraction of sp³-hybridized carbons (Fsp3) is 0.0455. The Morgan fingerprint density at radius 3 is 2.27 bits per heavy atom. The van der Waals surface area contributed by atoms with Gasteiger partial charge in [-0.3, -0.25) is 4.57 Å². The van der Waals surface area contributed by atoms with Gasteiger partial charge in [-0.15, -0.1) is 11.3 Å². The minimum absolute atomic E-state index is 0.743. The molecule has 0 amide bonds. The molecule has 0 aliphatic heterocycles. The minimum atomic E-state index is 0.743. The van der Waals surface area contributed by atoms with E-state index in [1.807, 2.05) is 0 Å². The van der Waals surface area contributed by atoms with E-state index in [0.717, 1.165) is 56.7 Å². The number of benzene rings is 6. The molecule has 4 aromatic heterocycles. The van der Waals surface area contributed by atoms with Crippen molar-refractivity contribution < 1.29 is 0 Å². The first-order valence-electron chi connectivity index (χ1n) is 16.8. The summed E-state index contributed by atoms with van der Waals surface area (Å²) in [6.45, 7) is 0. The molecule has 5 heteroatoms. The summed E-state index contributed by atoms with van der Waals surface area (Å²) in [4.78, 5) is 10.9. The van der Waals surface area contributed by atoms with E-state index in [-0.39, 0.29) is 0 Å². The van der Waals surface area contributed by atoms with Gasteiger partial charge in [0.05, 0.1) is 26.8 Å². The SMILES string of the molecule is C1=Cc2c(c3cc(-c4nc(-n5c6ccccc6c6c7ccccc7ccc65)c5sc6ccccc6c5n4)ccc3n2-c2ccccc2)CC1. The van der Waals surface area contributed by atoms with Gasteiger partial charge in [-0.25, -0.2) is 9.97 Å². The first kappa shape index (κ1) is 27.0. The fourth-order valence-corrected chi connectivity index (χ4v) is 9.18. The van der Waals surface area contributed by atoms with Crippen molar-refractivity contribution in [2.24, 2.45) is 0 Å². The van der Waals surface area contributed by atoms with Crippen LogP contribution in [0.25, 0.3) is 92.8 Å². The zero-order chi connectivity index (χ0) is 32.1. The van der Waals surface area contributed by atoms with Gasteiger partial charge in [0.1, 0.15) is 0 Å². The summed E-state index contributed by atoms with van der Waals surface area (Å²) in [6.07, 6.45) is 6.64. The number of aryl methyl sites for hydroxylation is 1. The maximum absolute atomic E-state index is 5.51. The monoisotopic (exact) mass is 644 g/mol. The van der Waals surface area contributed by atoms with Crippen molar-refractivity contribution >= 4 is 81.2 Å². The van der Waals surface area contributed by atoms with Gasteiger partial charge in [0.2, 0.25) is 0 Å². The van der Waals surface area contributed by atoms with Gasteiger partial charge in [-0.05, 0) is 83.8 Å². The van der Waals surface area contributed by atoms with Crippen molar-refractivity contribution in [3.8, 4) is 22.9 Å². The lowest BCUT2D eigenvalue weighted by molar-refractivity contribution is 0.967. The molecule has 4 heterocycles. The smallest absolute Gasteiger partial charge is 0.162 e. The molecule has 0 N–H and O–H groups in total. The molecular formula is C44H28N4S. The molecule has 0 saturated heterocycles. The van der Waals surface area contributed by atoms with Gasteiger partial charge in [0, 0.05) is 43.2 Å². The van der Waals surface area contributed by atoms with Crippen molar-refractivity contribution in [3.05, 3.63) is 151 Å². The predicted octanol–water partition coefficient (Wildman–Crippen LogP) is 11.7. The van der Waals surface area contributed by atoms with E-state index in [0.29, 0.717) is 0 Å². The fourth-order valence-electron chi connectivity index (χ4n) is 8.05. The number of aromatic nitrogens is 4. The molecule has 0 atom stereocenters. The molecule has 49 heavy (non-hydrogen) atoms. The lowest BCUT2D eigenvalue weighted by Crippen LogP contribution is -2.01. The number of para-hydroxylation sites is 2. The van der Waals surface area contributed by atoms with Gasteiger partial charge in [0.25, 0.3) is 0 Å². The van der Waals surface area contributed by atoms with E-state index in [4.69, 9.17) is 9.97 Å².